The third-order valence-electron chi connectivity index (χ3n) is 10.7. The molecule has 0 saturated carbocycles. The molecule has 0 rings (SSSR count). The smallest absolute Gasteiger partial charge is 0.308 e. The molecule has 50 heavy (non-hydrogen) atoms. The zero-order valence-electron chi connectivity index (χ0n) is 34.3. The number of allylic oxidation sites excluding steroid dienone is 4. The van der Waals surface area contributed by atoms with Crippen LogP contribution in [0.25, 0.3) is 0 Å². The zero-order chi connectivity index (χ0) is 36.8. The van der Waals surface area contributed by atoms with E-state index >= 15 is 0 Å². The summed E-state index contributed by atoms with van der Waals surface area (Å²) in [5.41, 5.74) is 0. The van der Waals surface area contributed by atoms with Crippen LogP contribution in [0.3, 0.4) is 0 Å². The van der Waals surface area contributed by atoms with Crippen LogP contribution in [0.4, 0.5) is 0 Å². The van der Waals surface area contributed by atoms with E-state index in [1.807, 2.05) is 0 Å². The minimum absolute atomic E-state index is 0.232. The number of rotatable bonds is 38. The Kier molecular flexibility index (Phi) is 35.9. The Bertz CT molecular complexity index is 741. The number of nitrogens with zero attached hydrogens (tertiary/aromatic N) is 1. The summed E-state index contributed by atoms with van der Waals surface area (Å²) in [6, 6.07) is 0. The molecule has 0 fully saturated rings. The van der Waals surface area contributed by atoms with Crippen molar-refractivity contribution in [3.05, 3.63) is 24.3 Å². The van der Waals surface area contributed by atoms with Crippen LogP contribution in [-0.4, -0.2) is 48.9 Å². The van der Waals surface area contributed by atoms with E-state index in [1.54, 1.807) is 0 Å². The van der Waals surface area contributed by atoms with Gasteiger partial charge in [0.1, 0.15) is 0 Å². The van der Waals surface area contributed by atoms with Crippen molar-refractivity contribution in [1.82, 2.24) is 0 Å². The number of esters is 2. The van der Waals surface area contributed by atoms with Gasteiger partial charge in [0.15, 0.2) is 0 Å². The summed E-state index contributed by atoms with van der Waals surface area (Å²) in [6.07, 6.45) is 42.0. The molecule has 0 aliphatic heterocycles. The van der Waals surface area contributed by atoms with Crippen molar-refractivity contribution >= 4 is 11.9 Å². The van der Waals surface area contributed by atoms with E-state index < -0.39 is 6.29 Å². The standard InChI is InChI=1S/C45H86NO4/c1-6-11-13-15-17-19-21-23-25-27-29-31-33-35-37-39-43(47)49-45(41-42-46(8-3,9-4)10-5)50-44(48)40-38-36-34-32-30-28-26-24-22-20-18-16-14-12-7-2/h23-26,45H,6-22,27-42H2,1-5H3/q+1. The molecule has 0 aliphatic carbocycles. The predicted octanol–water partition coefficient (Wildman–Crippen LogP) is 13.7. The van der Waals surface area contributed by atoms with Gasteiger partial charge in [0.2, 0.25) is 0 Å². The minimum Gasteiger partial charge on any atom is -0.425 e. The van der Waals surface area contributed by atoms with E-state index in [9.17, 15) is 9.59 Å². The highest BCUT2D eigenvalue weighted by Crippen LogP contribution is 2.16. The summed E-state index contributed by atoms with van der Waals surface area (Å²) >= 11 is 0. The quantitative estimate of drug-likeness (QED) is 0.0211. The molecule has 0 amide bonds. The lowest BCUT2D eigenvalue weighted by Gasteiger charge is -2.36. The van der Waals surface area contributed by atoms with Crippen molar-refractivity contribution in [1.29, 1.82) is 0 Å². The normalized spacial score (nSPS) is 12.7. The Balaban J connectivity index is 4.26. The van der Waals surface area contributed by atoms with E-state index in [1.165, 1.54) is 116 Å². The van der Waals surface area contributed by atoms with Crippen molar-refractivity contribution in [3.63, 3.8) is 0 Å². The van der Waals surface area contributed by atoms with Gasteiger partial charge in [-0.05, 0) is 85.0 Å². The average molecular weight is 705 g/mol. The Morgan fingerprint density at radius 3 is 1.06 bits per heavy atom. The highest BCUT2D eigenvalue weighted by Gasteiger charge is 2.26. The fraction of sp³-hybridized carbons (Fsp3) is 0.867. The molecule has 0 aliphatic rings. The Morgan fingerprint density at radius 1 is 0.440 bits per heavy atom. The lowest BCUT2D eigenvalue weighted by molar-refractivity contribution is -0.923. The van der Waals surface area contributed by atoms with Crippen molar-refractivity contribution in [3.8, 4) is 0 Å². The van der Waals surface area contributed by atoms with E-state index in [2.05, 4.69) is 58.9 Å². The summed E-state index contributed by atoms with van der Waals surface area (Å²) in [4.78, 5) is 25.6. The molecular formula is C45H86NO4+. The van der Waals surface area contributed by atoms with Crippen LogP contribution in [0.5, 0.6) is 0 Å². The molecule has 0 spiro atoms. The first-order chi connectivity index (χ1) is 24.5. The first kappa shape index (κ1) is 48.4. The molecular weight excluding hydrogens is 618 g/mol. The summed E-state index contributed by atoms with van der Waals surface area (Å²) in [5.74, 6) is -0.465. The molecule has 0 aromatic rings. The summed E-state index contributed by atoms with van der Waals surface area (Å²) in [5, 5.41) is 0. The second-order valence-electron chi connectivity index (χ2n) is 14.9. The van der Waals surface area contributed by atoms with Crippen molar-refractivity contribution in [2.75, 3.05) is 26.2 Å². The van der Waals surface area contributed by atoms with Gasteiger partial charge in [-0.3, -0.25) is 9.59 Å². The molecule has 0 N–H and O–H groups in total. The Labute approximate surface area is 312 Å². The van der Waals surface area contributed by atoms with Crippen LogP contribution in [-0.2, 0) is 19.1 Å². The van der Waals surface area contributed by atoms with E-state index in [-0.39, 0.29) is 11.9 Å². The number of quaternary nitrogens is 1. The maximum absolute atomic E-state index is 12.8. The van der Waals surface area contributed by atoms with Gasteiger partial charge in [0.25, 0.3) is 6.29 Å². The molecule has 0 heterocycles. The van der Waals surface area contributed by atoms with Gasteiger partial charge in [-0.15, -0.1) is 0 Å². The third-order valence-corrected chi connectivity index (χ3v) is 10.7. The Hall–Kier alpha value is -1.62. The first-order valence-electron chi connectivity index (χ1n) is 22.0. The lowest BCUT2D eigenvalue weighted by Crippen LogP contribution is -2.49. The van der Waals surface area contributed by atoms with Crippen LogP contribution in [0.1, 0.15) is 221 Å². The molecule has 0 radical (unpaired) electrons. The second kappa shape index (κ2) is 37.1. The number of hydrogen-bond acceptors (Lipinski definition) is 4. The maximum Gasteiger partial charge on any atom is 0.308 e. The van der Waals surface area contributed by atoms with Crippen molar-refractivity contribution < 1.29 is 23.5 Å². The summed E-state index contributed by atoms with van der Waals surface area (Å²) < 4.78 is 12.5. The Morgan fingerprint density at radius 2 is 0.740 bits per heavy atom. The molecule has 0 saturated heterocycles. The van der Waals surface area contributed by atoms with Gasteiger partial charge in [-0.2, -0.15) is 0 Å². The SMILES string of the molecule is CCCCCCCCC=CCCCCCCCC(=O)OC(CC[N+](CC)(CC)CC)OC(=O)CCCCCCCC=CCCCCCCCC. The predicted molar refractivity (Wildman–Crippen MR) is 216 cm³/mol. The monoisotopic (exact) mass is 705 g/mol. The fourth-order valence-electron chi connectivity index (χ4n) is 6.76. The van der Waals surface area contributed by atoms with Gasteiger partial charge < -0.3 is 14.0 Å². The molecule has 0 unspecified atom stereocenters. The number of hydrogen-bond donors (Lipinski definition) is 0. The molecule has 294 valence electrons. The second-order valence-corrected chi connectivity index (χ2v) is 14.9. The molecule has 0 atom stereocenters. The minimum atomic E-state index is -0.775. The first-order valence-corrected chi connectivity index (χ1v) is 22.0. The van der Waals surface area contributed by atoms with Gasteiger partial charge in [0, 0.05) is 12.8 Å². The van der Waals surface area contributed by atoms with E-state index in [0.29, 0.717) is 19.3 Å². The fourth-order valence-corrected chi connectivity index (χ4v) is 6.76. The maximum atomic E-state index is 12.8. The van der Waals surface area contributed by atoms with Gasteiger partial charge >= 0.3 is 11.9 Å². The van der Waals surface area contributed by atoms with E-state index in [4.69, 9.17) is 9.47 Å². The number of carbonyl (C=O) groups is 2. The van der Waals surface area contributed by atoms with Crippen LogP contribution in [0.15, 0.2) is 24.3 Å². The summed E-state index contributed by atoms with van der Waals surface area (Å²) in [7, 11) is 0. The highest BCUT2D eigenvalue weighted by atomic mass is 16.7. The molecule has 5 heteroatoms. The largest absolute Gasteiger partial charge is 0.425 e. The zero-order valence-corrected chi connectivity index (χ0v) is 34.3. The number of ether oxygens (including phenoxy) is 2. The van der Waals surface area contributed by atoms with Crippen LogP contribution >= 0.6 is 0 Å². The number of carbonyl (C=O) groups excluding carboxylic acids is 2. The van der Waals surface area contributed by atoms with Crippen molar-refractivity contribution in [2.24, 2.45) is 0 Å². The van der Waals surface area contributed by atoms with Crippen LogP contribution < -0.4 is 0 Å². The molecule has 5 nitrogen and oxygen atoms in total. The number of unbranched alkanes of at least 4 members (excludes halogenated alkanes) is 22. The highest BCUT2D eigenvalue weighted by molar-refractivity contribution is 5.71. The van der Waals surface area contributed by atoms with Gasteiger partial charge in [-0.25, -0.2) is 0 Å². The van der Waals surface area contributed by atoms with Crippen LogP contribution in [0.2, 0.25) is 0 Å². The third kappa shape index (κ3) is 31.1. The van der Waals surface area contributed by atoms with Gasteiger partial charge in [-0.1, -0.05) is 141 Å². The molecule has 0 bridgehead atoms. The van der Waals surface area contributed by atoms with E-state index in [0.717, 1.165) is 82.0 Å². The van der Waals surface area contributed by atoms with Gasteiger partial charge in [0.05, 0.1) is 32.6 Å². The molecule has 0 aromatic carbocycles. The summed E-state index contributed by atoms with van der Waals surface area (Å²) in [6.45, 7) is 15.1. The molecule has 0 aromatic heterocycles. The lowest BCUT2D eigenvalue weighted by atomic mass is 10.1. The topological polar surface area (TPSA) is 52.6 Å². The van der Waals surface area contributed by atoms with Crippen LogP contribution in [0, 0.1) is 0 Å². The average Bonchev–Trinajstić information content (AvgIpc) is 3.12. The van der Waals surface area contributed by atoms with Crippen molar-refractivity contribution in [2.45, 2.75) is 227 Å².